The Bertz CT molecular complexity index is 439. The van der Waals surface area contributed by atoms with Crippen LogP contribution >= 0.6 is 12.4 Å². The number of carbonyl (C=O) groups is 1. The fourth-order valence-corrected chi connectivity index (χ4v) is 3.19. The van der Waals surface area contributed by atoms with E-state index >= 15 is 0 Å². The number of amides is 1. The molecule has 124 valence electrons. The maximum atomic E-state index is 12.1. The van der Waals surface area contributed by atoms with Crippen molar-refractivity contribution in [3.8, 4) is 0 Å². The molecule has 0 heterocycles. The summed E-state index contributed by atoms with van der Waals surface area (Å²) in [5.41, 5.74) is 7.42. The topological polar surface area (TPSA) is 55.1 Å². The number of unbranched alkanes of at least 4 members (excludes halogenated alkanes) is 1. The van der Waals surface area contributed by atoms with Crippen molar-refractivity contribution in [1.29, 1.82) is 0 Å². The standard InChI is InChI=1S/C18H28N2O.ClH/c1-2-3-4-14-7-11-17(12-8-14)20-18(21)13-15-5-9-16(19)10-6-15;/h5-6,9-10,14,17H,2-4,7-8,11-13,19H2,1H3,(H,20,21);1H. The molecule has 2 rings (SSSR count). The summed E-state index contributed by atoms with van der Waals surface area (Å²) in [5.74, 6) is 1.02. The predicted octanol–water partition coefficient (Wildman–Crippen LogP) is 4.10. The molecular formula is C18H29ClN2O. The number of benzene rings is 1. The fraction of sp³-hybridized carbons (Fsp3) is 0.611. The van der Waals surface area contributed by atoms with Gasteiger partial charge in [0.2, 0.25) is 5.91 Å². The Morgan fingerprint density at radius 2 is 1.82 bits per heavy atom. The Balaban J connectivity index is 0.00000242. The van der Waals surface area contributed by atoms with Gasteiger partial charge in [-0.15, -0.1) is 12.4 Å². The normalized spacial score (nSPS) is 21.0. The minimum absolute atomic E-state index is 0. The summed E-state index contributed by atoms with van der Waals surface area (Å²) in [7, 11) is 0. The number of nitrogens with two attached hydrogens (primary N) is 1. The molecule has 1 aromatic rings. The van der Waals surface area contributed by atoms with Crippen LogP contribution in [0.4, 0.5) is 5.69 Å². The highest BCUT2D eigenvalue weighted by atomic mass is 35.5. The van der Waals surface area contributed by atoms with E-state index in [1.165, 1.54) is 32.1 Å². The summed E-state index contributed by atoms with van der Waals surface area (Å²) in [6, 6.07) is 7.93. The minimum Gasteiger partial charge on any atom is -0.399 e. The minimum atomic E-state index is 0. The Kier molecular flexibility index (Phi) is 8.32. The van der Waals surface area contributed by atoms with Gasteiger partial charge in [-0.2, -0.15) is 0 Å². The predicted molar refractivity (Wildman–Crippen MR) is 95.2 cm³/mol. The van der Waals surface area contributed by atoms with Crippen LogP contribution in [-0.2, 0) is 11.2 Å². The van der Waals surface area contributed by atoms with Crippen molar-refractivity contribution in [1.82, 2.24) is 5.32 Å². The number of carbonyl (C=O) groups excluding carboxylic acids is 1. The van der Waals surface area contributed by atoms with E-state index in [-0.39, 0.29) is 18.3 Å². The molecule has 0 bridgehead atoms. The lowest BCUT2D eigenvalue weighted by Crippen LogP contribution is -2.38. The van der Waals surface area contributed by atoms with E-state index in [0.717, 1.165) is 30.0 Å². The van der Waals surface area contributed by atoms with Crippen LogP contribution < -0.4 is 11.1 Å². The van der Waals surface area contributed by atoms with Crippen molar-refractivity contribution in [3.05, 3.63) is 29.8 Å². The number of halogens is 1. The smallest absolute Gasteiger partial charge is 0.224 e. The summed E-state index contributed by atoms with van der Waals surface area (Å²) >= 11 is 0. The lowest BCUT2D eigenvalue weighted by Gasteiger charge is -2.29. The van der Waals surface area contributed by atoms with Gasteiger partial charge in [-0.25, -0.2) is 0 Å². The third kappa shape index (κ3) is 6.27. The fourth-order valence-electron chi connectivity index (χ4n) is 3.19. The van der Waals surface area contributed by atoms with Crippen molar-refractivity contribution < 1.29 is 4.79 Å². The van der Waals surface area contributed by atoms with Crippen LogP contribution in [0.15, 0.2) is 24.3 Å². The van der Waals surface area contributed by atoms with Crippen LogP contribution in [-0.4, -0.2) is 11.9 Å². The van der Waals surface area contributed by atoms with Gasteiger partial charge in [0, 0.05) is 11.7 Å². The second-order valence-corrected chi connectivity index (χ2v) is 6.35. The highest BCUT2D eigenvalue weighted by molar-refractivity contribution is 5.85. The average molecular weight is 325 g/mol. The van der Waals surface area contributed by atoms with Crippen molar-refractivity contribution in [2.45, 2.75) is 64.3 Å². The molecule has 0 atom stereocenters. The first kappa shape index (κ1) is 18.8. The van der Waals surface area contributed by atoms with Crippen molar-refractivity contribution in [3.63, 3.8) is 0 Å². The van der Waals surface area contributed by atoms with E-state index in [0.29, 0.717) is 12.5 Å². The Morgan fingerprint density at radius 1 is 1.18 bits per heavy atom. The Hall–Kier alpha value is -1.22. The molecule has 0 radical (unpaired) electrons. The van der Waals surface area contributed by atoms with Crippen LogP contribution in [0.3, 0.4) is 0 Å². The maximum Gasteiger partial charge on any atom is 0.224 e. The van der Waals surface area contributed by atoms with Crippen LogP contribution in [0.25, 0.3) is 0 Å². The van der Waals surface area contributed by atoms with Gasteiger partial charge in [-0.1, -0.05) is 38.3 Å². The number of anilines is 1. The van der Waals surface area contributed by atoms with Crippen molar-refractivity contribution in [2.75, 3.05) is 5.73 Å². The van der Waals surface area contributed by atoms with Crippen LogP contribution in [0.1, 0.15) is 57.4 Å². The van der Waals surface area contributed by atoms with Gasteiger partial charge >= 0.3 is 0 Å². The molecule has 0 aromatic heterocycles. The SMILES string of the molecule is CCCCC1CCC(NC(=O)Cc2ccc(N)cc2)CC1.Cl. The molecule has 22 heavy (non-hydrogen) atoms. The van der Waals surface area contributed by atoms with Gasteiger partial charge in [0.15, 0.2) is 0 Å². The molecule has 0 spiro atoms. The third-order valence-corrected chi connectivity index (χ3v) is 4.52. The van der Waals surface area contributed by atoms with Crippen LogP contribution in [0.5, 0.6) is 0 Å². The van der Waals surface area contributed by atoms with Gasteiger partial charge in [-0.3, -0.25) is 4.79 Å². The Morgan fingerprint density at radius 3 is 2.41 bits per heavy atom. The average Bonchev–Trinajstić information content (AvgIpc) is 2.49. The van der Waals surface area contributed by atoms with Gasteiger partial charge in [-0.05, 0) is 49.3 Å². The Labute approximate surface area is 140 Å². The van der Waals surface area contributed by atoms with E-state index < -0.39 is 0 Å². The van der Waals surface area contributed by atoms with E-state index in [1.54, 1.807) is 0 Å². The van der Waals surface area contributed by atoms with Crippen LogP contribution in [0, 0.1) is 5.92 Å². The highest BCUT2D eigenvalue weighted by Crippen LogP contribution is 2.28. The zero-order valence-corrected chi connectivity index (χ0v) is 14.3. The zero-order valence-electron chi connectivity index (χ0n) is 13.5. The van der Waals surface area contributed by atoms with E-state index in [1.807, 2.05) is 24.3 Å². The molecule has 1 amide bonds. The summed E-state index contributed by atoms with van der Waals surface area (Å²) in [6.07, 6.45) is 9.28. The van der Waals surface area contributed by atoms with Gasteiger partial charge < -0.3 is 11.1 Å². The number of nitrogen functional groups attached to an aromatic ring is 1. The molecule has 0 saturated heterocycles. The maximum absolute atomic E-state index is 12.1. The summed E-state index contributed by atoms with van der Waals surface area (Å²) in [4.78, 5) is 12.1. The molecule has 1 saturated carbocycles. The highest BCUT2D eigenvalue weighted by Gasteiger charge is 2.21. The second-order valence-electron chi connectivity index (χ2n) is 6.35. The molecule has 0 aliphatic heterocycles. The second kappa shape index (κ2) is 9.73. The molecule has 1 aliphatic carbocycles. The number of rotatable bonds is 6. The molecular weight excluding hydrogens is 296 g/mol. The summed E-state index contributed by atoms with van der Waals surface area (Å²) < 4.78 is 0. The van der Waals surface area contributed by atoms with Crippen molar-refractivity contribution in [2.24, 2.45) is 5.92 Å². The molecule has 4 heteroatoms. The van der Waals surface area contributed by atoms with E-state index in [4.69, 9.17) is 5.73 Å². The first-order valence-electron chi connectivity index (χ1n) is 8.31. The lowest BCUT2D eigenvalue weighted by atomic mass is 9.83. The molecule has 3 nitrogen and oxygen atoms in total. The van der Waals surface area contributed by atoms with Crippen LogP contribution in [0.2, 0.25) is 0 Å². The van der Waals surface area contributed by atoms with E-state index in [2.05, 4.69) is 12.2 Å². The third-order valence-electron chi connectivity index (χ3n) is 4.52. The molecule has 1 fully saturated rings. The summed E-state index contributed by atoms with van der Waals surface area (Å²) in [5, 5.41) is 3.19. The largest absolute Gasteiger partial charge is 0.399 e. The number of hydrogen-bond acceptors (Lipinski definition) is 2. The zero-order chi connectivity index (χ0) is 15.1. The molecule has 0 unspecified atom stereocenters. The molecule has 3 N–H and O–H groups in total. The van der Waals surface area contributed by atoms with Gasteiger partial charge in [0.1, 0.15) is 0 Å². The van der Waals surface area contributed by atoms with Gasteiger partial charge in [0.05, 0.1) is 6.42 Å². The number of nitrogens with one attached hydrogen (secondary N) is 1. The first-order chi connectivity index (χ1) is 10.2. The lowest BCUT2D eigenvalue weighted by molar-refractivity contribution is -0.121. The monoisotopic (exact) mass is 324 g/mol. The quantitative estimate of drug-likeness (QED) is 0.774. The molecule has 1 aliphatic rings. The van der Waals surface area contributed by atoms with E-state index in [9.17, 15) is 4.79 Å². The van der Waals surface area contributed by atoms with Gasteiger partial charge in [0.25, 0.3) is 0 Å². The number of hydrogen-bond donors (Lipinski definition) is 2. The first-order valence-corrected chi connectivity index (χ1v) is 8.31. The molecule has 1 aromatic carbocycles. The summed E-state index contributed by atoms with van der Waals surface area (Å²) in [6.45, 7) is 2.25. The van der Waals surface area contributed by atoms with Crippen molar-refractivity contribution >= 4 is 24.0 Å².